The summed E-state index contributed by atoms with van der Waals surface area (Å²) in [6, 6.07) is 13.3. The first-order valence-corrected chi connectivity index (χ1v) is 11.1. The maximum atomic E-state index is 11.8. The zero-order chi connectivity index (χ0) is 25.8. The van der Waals surface area contributed by atoms with Crippen LogP contribution in [0.4, 0.5) is 11.7 Å². The maximum Gasteiger partial charge on any atom is 0.300 e. The molecular formula is C25H22ClN5O5. The Kier molecular flexibility index (Phi) is 7.18. The van der Waals surface area contributed by atoms with Crippen LogP contribution in [0.25, 0.3) is 11.1 Å². The molecule has 0 bridgehead atoms. The second kappa shape index (κ2) is 10.5. The lowest BCUT2D eigenvalue weighted by atomic mass is 10.0. The lowest BCUT2D eigenvalue weighted by Gasteiger charge is -2.15. The number of rotatable bonds is 8. The fraction of sp³-hybridized carbons (Fsp3) is 0.120. The van der Waals surface area contributed by atoms with E-state index in [9.17, 15) is 14.7 Å². The van der Waals surface area contributed by atoms with E-state index in [1.54, 1.807) is 42.5 Å². The standard InChI is InChI=1S/C25H22ClN5O5/c1-13(23(33)27-2)22(32)17-6-4-14(10-18(17)26)30-25-31-19-11-15(5-7-21(19)36-25)35-16-8-9-29-20(12-16)24(34)28-3/h4-12,22,32H,1H2,2-3H3,(H,27,33)(H,28,34)(H,30,31). The molecule has 0 aliphatic carbocycles. The average Bonchev–Trinajstić information content (AvgIpc) is 3.28. The molecule has 2 aromatic heterocycles. The van der Waals surface area contributed by atoms with Gasteiger partial charge in [-0.25, -0.2) is 0 Å². The van der Waals surface area contributed by atoms with Crippen molar-refractivity contribution in [2.45, 2.75) is 6.10 Å². The third-order valence-electron chi connectivity index (χ3n) is 5.18. The molecule has 1 atom stereocenters. The quantitative estimate of drug-likeness (QED) is 0.261. The number of fused-ring (bicyclic) bond motifs is 1. The first-order chi connectivity index (χ1) is 17.3. The second-order valence-corrected chi connectivity index (χ2v) is 7.98. The Hall–Kier alpha value is -4.41. The van der Waals surface area contributed by atoms with E-state index in [4.69, 9.17) is 20.8 Å². The van der Waals surface area contributed by atoms with Crippen LogP contribution in [-0.4, -0.2) is 41.0 Å². The van der Waals surface area contributed by atoms with Crippen molar-refractivity contribution in [3.05, 3.63) is 83.2 Å². The second-order valence-electron chi connectivity index (χ2n) is 7.57. The Morgan fingerprint density at radius 1 is 1.08 bits per heavy atom. The van der Waals surface area contributed by atoms with Crippen LogP contribution in [0.15, 0.2) is 71.3 Å². The number of oxazole rings is 1. The summed E-state index contributed by atoms with van der Waals surface area (Å²) in [5, 5.41) is 18.6. The number of nitrogens with zero attached hydrogens (tertiary/aromatic N) is 2. The fourth-order valence-electron chi connectivity index (χ4n) is 3.31. The van der Waals surface area contributed by atoms with Gasteiger partial charge < -0.3 is 30.2 Å². The smallest absolute Gasteiger partial charge is 0.300 e. The summed E-state index contributed by atoms with van der Waals surface area (Å²) in [4.78, 5) is 32.0. The highest BCUT2D eigenvalue weighted by molar-refractivity contribution is 6.31. The minimum Gasteiger partial charge on any atom is -0.457 e. The Morgan fingerprint density at radius 2 is 1.86 bits per heavy atom. The highest BCUT2D eigenvalue weighted by Crippen LogP contribution is 2.32. The van der Waals surface area contributed by atoms with Gasteiger partial charge in [-0.05, 0) is 30.3 Å². The SMILES string of the molecule is C=C(C(=O)NC)C(O)c1ccc(Nc2nc3cc(Oc4ccnc(C(=O)NC)c4)ccc3o2)cc1Cl. The first kappa shape index (κ1) is 24.7. The van der Waals surface area contributed by atoms with Gasteiger partial charge in [0.05, 0.1) is 0 Å². The highest BCUT2D eigenvalue weighted by Gasteiger charge is 2.20. The van der Waals surface area contributed by atoms with Crippen molar-refractivity contribution in [1.82, 2.24) is 20.6 Å². The Morgan fingerprint density at radius 3 is 2.58 bits per heavy atom. The van der Waals surface area contributed by atoms with E-state index in [-0.39, 0.29) is 28.2 Å². The van der Waals surface area contributed by atoms with Crippen molar-refractivity contribution in [1.29, 1.82) is 0 Å². The van der Waals surface area contributed by atoms with Crippen LogP contribution in [-0.2, 0) is 4.79 Å². The molecule has 4 N–H and O–H groups in total. The zero-order valence-corrected chi connectivity index (χ0v) is 20.1. The van der Waals surface area contributed by atoms with Gasteiger partial charge in [0.2, 0.25) is 5.91 Å². The lowest BCUT2D eigenvalue weighted by Crippen LogP contribution is -2.23. The summed E-state index contributed by atoms with van der Waals surface area (Å²) in [5.41, 5.74) is 2.17. The van der Waals surface area contributed by atoms with Crippen molar-refractivity contribution in [2.75, 3.05) is 19.4 Å². The van der Waals surface area contributed by atoms with E-state index in [1.165, 1.54) is 26.4 Å². The third-order valence-corrected chi connectivity index (χ3v) is 5.51. The van der Waals surface area contributed by atoms with Crippen LogP contribution in [0.2, 0.25) is 5.02 Å². The molecule has 0 aliphatic heterocycles. The molecule has 0 radical (unpaired) electrons. The molecule has 4 rings (SSSR count). The maximum absolute atomic E-state index is 11.8. The van der Waals surface area contributed by atoms with Crippen LogP contribution >= 0.6 is 11.6 Å². The van der Waals surface area contributed by atoms with Gasteiger partial charge in [-0.2, -0.15) is 4.98 Å². The van der Waals surface area contributed by atoms with Crippen LogP contribution in [0.3, 0.4) is 0 Å². The van der Waals surface area contributed by atoms with Gasteiger partial charge >= 0.3 is 0 Å². The lowest BCUT2D eigenvalue weighted by molar-refractivity contribution is -0.118. The number of amides is 2. The third kappa shape index (κ3) is 5.29. The Bertz CT molecular complexity index is 1470. The van der Waals surface area contributed by atoms with E-state index in [0.29, 0.717) is 33.8 Å². The summed E-state index contributed by atoms with van der Waals surface area (Å²) < 4.78 is 11.6. The molecule has 2 aromatic carbocycles. The number of hydrogen-bond donors (Lipinski definition) is 4. The molecule has 10 nitrogen and oxygen atoms in total. The number of hydrogen-bond acceptors (Lipinski definition) is 8. The molecule has 4 aromatic rings. The minimum absolute atomic E-state index is 0.0197. The molecule has 0 aliphatic rings. The molecule has 11 heteroatoms. The number of carbonyl (C=O) groups excluding carboxylic acids is 2. The minimum atomic E-state index is -1.25. The van der Waals surface area contributed by atoms with Crippen molar-refractivity contribution < 1.29 is 23.8 Å². The normalized spacial score (nSPS) is 11.6. The number of anilines is 2. The number of ether oxygens (including phenoxy) is 1. The van der Waals surface area contributed by atoms with Gasteiger partial charge in [-0.3, -0.25) is 14.6 Å². The summed E-state index contributed by atoms with van der Waals surface area (Å²) in [6.45, 7) is 3.61. The van der Waals surface area contributed by atoms with E-state index in [1.807, 2.05) is 0 Å². The average molecular weight is 508 g/mol. The first-order valence-electron chi connectivity index (χ1n) is 10.7. The zero-order valence-electron chi connectivity index (χ0n) is 19.3. The van der Waals surface area contributed by atoms with Crippen LogP contribution in [0, 0.1) is 0 Å². The predicted octanol–water partition coefficient (Wildman–Crippen LogP) is 4.11. The van der Waals surface area contributed by atoms with Crippen molar-refractivity contribution in [3.8, 4) is 11.5 Å². The summed E-state index contributed by atoms with van der Waals surface area (Å²) in [7, 11) is 2.98. The molecular weight excluding hydrogens is 486 g/mol. The van der Waals surface area contributed by atoms with Gasteiger partial charge in [0.1, 0.15) is 28.8 Å². The van der Waals surface area contributed by atoms with Gasteiger partial charge in [0.15, 0.2) is 5.58 Å². The molecule has 36 heavy (non-hydrogen) atoms. The molecule has 184 valence electrons. The van der Waals surface area contributed by atoms with Gasteiger partial charge in [0.25, 0.3) is 11.9 Å². The monoisotopic (exact) mass is 507 g/mol. The number of pyridine rings is 1. The predicted molar refractivity (Wildman–Crippen MR) is 135 cm³/mol. The summed E-state index contributed by atoms with van der Waals surface area (Å²) in [6.07, 6.45) is 0.238. The molecule has 0 fully saturated rings. The molecule has 2 amide bonds. The number of carbonyl (C=O) groups is 2. The summed E-state index contributed by atoms with van der Waals surface area (Å²) in [5.74, 6) is 0.142. The number of nitrogens with one attached hydrogen (secondary N) is 3. The number of benzene rings is 2. The van der Waals surface area contributed by atoms with Gasteiger partial charge in [0, 0.05) is 54.3 Å². The van der Waals surface area contributed by atoms with Crippen LogP contribution in [0.5, 0.6) is 11.5 Å². The van der Waals surface area contributed by atoms with E-state index >= 15 is 0 Å². The number of likely N-dealkylation sites (N-methyl/N-ethyl adjacent to an activating group) is 1. The van der Waals surface area contributed by atoms with Crippen molar-refractivity contribution in [3.63, 3.8) is 0 Å². The number of aliphatic hydroxyl groups excluding tert-OH is 1. The van der Waals surface area contributed by atoms with E-state index < -0.39 is 12.0 Å². The Balaban J connectivity index is 1.50. The van der Waals surface area contributed by atoms with Crippen molar-refractivity contribution in [2.24, 2.45) is 0 Å². The molecule has 1 unspecified atom stereocenters. The van der Waals surface area contributed by atoms with Gasteiger partial charge in [-0.1, -0.05) is 24.2 Å². The van der Waals surface area contributed by atoms with E-state index in [0.717, 1.165) is 0 Å². The molecule has 0 saturated carbocycles. The topological polar surface area (TPSA) is 139 Å². The molecule has 0 spiro atoms. The van der Waals surface area contributed by atoms with Crippen LogP contribution < -0.4 is 20.7 Å². The number of aliphatic hydroxyl groups is 1. The summed E-state index contributed by atoms with van der Waals surface area (Å²) >= 11 is 6.33. The van der Waals surface area contributed by atoms with Crippen molar-refractivity contribution >= 4 is 46.2 Å². The molecule has 2 heterocycles. The largest absolute Gasteiger partial charge is 0.457 e. The highest BCUT2D eigenvalue weighted by atomic mass is 35.5. The number of halogens is 1. The van der Waals surface area contributed by atoms with Crippen LogP contribution in [0.1, 0.15) is 22.2 Å². The number of aromatic nitrogens is 2. The molecule has 0 saturated heterocycles. The van der Waals surface area contributed by atoms with Gasteiger partial charge in [-0.15, -0.1) is 0 Å². The fourth-order valence-corrected chi connectivity index (χ4v) is 3.59. The Labute approximate surface area is 211 Å². The van der Waals surface area contributed by atoms with E-state index in [2.05, 4.69) is 32.5 Å².